The summed E-state index contributed by atoms with van der Waals surface area (Å²) in [5.41, 5.74) is 2.55. The first kappa shape index (κ1) is 16.0. The van der Waals surface area contributed by atoms with Crippen LogP contribution < -0.4 is 0 Å². The third kappa shape index (κ3) is 3.32. The van der Waals surface area contributed by atoms with Gasteiger partial charge in [0, 0.05) is 13.1 Å². The number of amides is 1. The van der Waals surface area contributed by atoms with E-state index in [0.29, 0.717) is 23.4 Å². The van der Waals surface area contributed by atoms with Crippen LogP contribution in [-0.2, 0) is 17.8 Å². The zero-order valence-corrected chi connectivity index (χ0v) is 14.5. The molecule has 2 aromatic heterocycles. The second-order valence-corrected chi connectivity index (χ2v) is 7.18. The van der Waals surface area contributed by atoms with Gasteiger partial charge in [-0.25, -0.2) is 0 Å². The van der Waals surface area contributed by atoms with Crippen molar-refractivity contribution in [3.63, 3.8) is 0 Å². The van der Waals surface area contributed by atoms with Crippen LogP contribution in [0, 0.1) is 0 Å². The average Bonchev–Trinajstić information content (AvgIpc) is 3.32. The van der Waals surface area contributed by atoms with E-state index in [0.717, 1.165) is 13.0 Å². The smallest absolute Gasteiger partial charge is 0.284 e. The summed E-state index contributed by atoms with van der Waals surface area (Å²) in [6.45, 7) is 3.26. The van der Waals surface area contributed by atoms with Gasteiger partial charge in [-0.3, -0.25) is 4.79 Å². The number of rotatable bonds is 4. The summed E-state index contributed by atoms with van der Waals surface area (Å²) in [5.74, 6) is 0.919. The van der Waals surface area contributed by atoms with E-state index in [4.69, 9.17) is 8.83 Å². The highest BCUT2D eigenvalue weighted by atomic mass is 32.2. The van der Waals surface area contributed by atoms with Gasteiger partial charge in [0.25, 0.3) is 11.1 Å². The Morgan fingerprint density at radius 1 is 1.20 bits per heavy atom. The summed E-state index contributed by atoms with van der Waals surface area (Å²) in [6, 6.07) is 11.8. The van der Waals surface area contributed by atoms with Crippen molar-refractivity contribution in [3.05, 3.63) is 53.8 Å². The van der Waals surface area contributed by atoms with Crippen LogP contribution in [0.5, 0.6) is 0 Å². The third-order valence-electron chi connectivity index (χ3n) is 4.21. The molecule has 3 heterocycles. The predicted octanol–water partition coefficient (Wildman–Crippen LogP) is 3.40. The molecule has 1 aliphatic rings. The van der Waals surface area contributed by atoms with Gasteiger partial charge in [0.15, 0.2) is 5.76 Å². The number of furan rings is 1. The highest BCUT2D eigenvalue weighted by Gasteiger charge is 2.26. The Hall–Kier alpha value is -2.54. The van der Waals surface area contributed by atoms with Crippen molar-refractivity contribution in [2.45, 2.75) is 30.4 Å². The predicted molar refractivity (Wildman–Crippen MR) is 92.9 cm³/mol. The van der Waals surface area contributed by atoms with Crippen LogP contribution in [0.2, 0.25) is 0 Å². The number of aromatic nitrogens is 2. The normalized spacial score (nSPS) is 15.0. The van der Waals surface area contributed by atoms with Crippen LogP contribution in [0.4, 0.5) is 0 Å². The van der Waals surface area contributed by atoms with E-state index in [1.807, 2.05) is 24.0 Å². The minimum atomic E-state index is -0.296. The van der Waals surface area contributed by atoms with Crippen molar-refractivity contribution in [1.29, 1.82) is 0 Å². The average molecular weight is 355 g/mol. The van der Waals surface area contributed by atoms with E-state index in [1.54, 1.807) is 18.4 Å². The number of hydrogen-bond donors (Lipinski definition) is 0. The zero-order chi connectivity index (χ0) is 17.2. The molecule has 7 heteroatoms. The number of fused-ring (bicyclic) bond motifs is 1. The summed E-state index contributed by atoms with van der Waals surface area (Å²) >= 11 is 1.27. The second-order valence-electron chi connectivity index (χ2n) is 5.89. The van der Waals surface area contributed by atoms with Gasteiger partial charge in [0.05, 0.1) is 11.5 Å². The van der Waals surface area contributed by atoms with Gasteiger partial charge in [-0.2, -0.15) is 0 Å². The van der Waals surface area contributed by atoms with Crippen molar-refractivity contribution in [2.24, 2.45) is 0 Å². The highest BCUT2D eigenvalue weighted by Crippen LogP contribution is 2.28. The standard InChI is InChI=1S/C18H17N3O3S/c1-12(25-18-20-19-16(24-18)15-7-4-10-23-15)17(22)21-9-8-13-5-2-3-6-14(13)11-21/h2-7,10,12H,8-9,11H2,1H3/t12-/m0/s1. The maximum absolute atomic E-state index is 12.7. The molecule has 4 rings (SSSR count). The first-order chi connectivity index (χ1) is 12.2. The molecule has 0 saturated carbocycles. The molecule has 128 valence electrons. The van der Waals surface area contributed by atoms with Crippen LogP contribution in [0.25, 0.3) is 11.7 Å². The zero-order valence-electron chi connectivity index (χ0n) is 13.7. The molecule has 0 bridgehead atoms. The number of carbonyl (C=O) groups excluding carboxylic acids is 1. The summed E-state index contributed by atoms with van der Waals surface area (Å²) in [6.07, 6.45) is 2.44. The number of benzene rings is 1. The van der Waals surface area contributed by atoms with Crippen LogP contribution in [0.15, 0.2) is 56.7 Å². The van der Waals surface area contributed by atoms with Crippen molar-refractivity contribution in [1.82, 2.24) is 15.1 Å². The Morgan fingerprint density at radius 2 is 2.04 bits per heavy atom. The van der Waals surface area contributed by atoms with E-state index in [1.165, 1.54) is 22.9 Å². The van der Waals surface area contributed by atoms with Crippen molar-refractivity contribution < 1.29 is 13.6 Å². The SMILES string of the molecule is C[C@H](Sc1nnc(-c2ccco2)o1)C(=O)N1CCc2ccccc2C1. The molecule has 0 spiro atoms. The van der Waals surface area contributed by atoms with Crippen molar-refractivity contribution in [2.75, 3.05) is 6.54 Å². The molecule has 0 unspecified atom stereocenters. The first-order valence-corrected chi connectivity index (χ1v) is 8.98. The van der Waals surface area contributed by atoms with Gasteiger partial charge >= 0.3 is 0 Å². The molecule has 0 radical (unpaired) electrons. The van der Waals surface area contributed by atoms with Gasteiger partial charge < -0.3 is 13.7 Å². The maximum Gasteiger partial charge on any atom is 0.284 e. The van der Waals surface area contributed by atoms with Gasteiger partial charge in [-0.05, 0) is 36.6 Å². The molecule has 0 fully saturated rings. The lowest BCUT2D eigenvalue weighted by Crippen LogP contribution is -2.40. The number of hydrogen-bond acceptors (Lipinski definition) is 6. The Morgan fingerprint density at radius 3 is 2.84 bits per heavy atom. The summed E-state index contributed by atoms with van der Waals surface area (Å²) in [7, 11) is 0. The number of nitrogens with zero attached hydrogens (tertiary/aromatic N) is 3. The fraction of sp³-hybridized carbons (Fsp3) is 0.278. The molecule has 25 heavy (non-hydrogen) atoms. The molecule has 1 atom stereocenters. The summed E-state index contributed by atoms with van der Waals surface area (Å²) in [5, 5.41) is 8.02. The van der Waals surface area contributed by atoms with E-state index < -0.39 is 0 Å². The molecule has 6 nitrogen and oxygen atoms in total. The Balaban J connectivity index is 1.41. The first-order valence-electron chi connectivity index (χ1n) is 8.10. The number of thioether (sulfide) groups is 1. The Labute approximate surface area is 149 Å². The van der Waals surface area contributed by atoms with E-state index in [2.05, 4.69) is 22.3 Å². The molecule has 3 aromatic rings. The minimum absolute atomic E-state index is 0.0808. The van der Waals surface area contributed by atoms with E-state index in [9.17, 15) is 4.79 Å². The molecule has 0 N–H and O–H groups in total. The van der Waals surface area contributed by atoms with E-state index >= 15 is 0 Å². The maximum atomic E-state index is 12.7. The largest absolute Gasteiger partial charge is 0.459 e. The Kier molecular flexibility index (Phi) is 4.31. The fourth-order valence-corrected chi connectivity index (χ4v) is 3.67. The monoisotopic (exact) mass is 355 g/mol. The molecular formula is C18H17N3O3S. The summed E-state index contributed by atoms with van der Waals surface area (Å²) in [4.78, 5) is 14.6. The van der Waals surface area contributed by atoms with Gasteiger partial charge in [-0.1, -0.05) is 36.0 Å². The lowest BCUT2D eigenvalue weighted by Gasteiger charge is -2.30. The van der Waals surface area contributed by atoms with Gasteiger partial charge in [0.1, 0.15) is 0 Å². The lowest BCUT2D eigenvalue weighted by atomic mass is 10.00. The van der Waals surface area contributed by atoms with Crippen molar-refractivity contribution >= 4 is 17.7 Å². The third-order valence-corrected chi connectivity index (χ3v) is 5.13. The molecule has 1 amide bonds. The molecule has 0 saturated heterocycles. The molecular weight excluding hydrogens is 338 g/mol. The van der Waals surface area contributed by atoms with Crippen LogP contribution in [0.1, 0.15) is 18.1 Å². The fourth-order valence-electron chi connectivity index (χ4n) is 2.90. The topological polar surface area (TPSA) is 72.4 Å². The minimum Gasteiger partial charge on any atom is -0.459 e. The summed E-state index contributed by atoms with van der Waals surface area (Å²) < 4.78 is 10.8. The second kappa shape index (κ2) is 6.76. The quantitative estimate of drug-likeness (QED) is 0.668. The van der Waals surface area contributed by atoms with Crippen LogP contribution >= 0.6 is 11.8 Å². The number of carbonyl (C=O) groups is 1. The van der Waals surface area contributed by atoms with Crippen LogP contribution in [0.3, 0.4) is 0 Å². The molecule has 1 aromatic carbocycles. The van der Waals surface area contributed by atoms with Crippen molar-refractivity contribution in [3.8, 4) is 11.7 Å². The highest BCUT2D eigenvalue weighted by molar-refractivity contribution is 8.00. The van der Waals surface area contributed by atoms with Crippen LogP contribution in [-0.4, -0.2) is 32.8 Å². The van der Waals surface area contributed by atoms with E-state index in [-0.39, 0.29) is 11.2 Å². The molecule has 1 aliphatic heterocycles. The van der Waals surface area contributed by atoms with Gasteiger partial charge in [-0.15, -0.1) is 10.2 Å². The lowest BCUT2D eigenvalue weighted by molar-refractivity contribution is -0.131. The van der Waals surface area contributed by atoms with Gasteiger partial charge in [0.2, 0.25) is 5.91 Å². The Bertz CT molecular complexity index is 875. The molecule has 0 aliphatic carbocycles.